The molecule has 1 saturated heterocycles. The second-order valence-corrected chi connectivity index (χ2v) is 15.4. The Morgan fingerprint density at radius 3 is 1.47 bits per heavy atom. The van der Waals surface area contributed by atoms with Crippen LogP contribution in [0, 0.1) is 10.8 Å². The molecule has 0 aromatic carbocycles. The highest BCUT2D eigenvalue weighted by Gasteiger charge is 2.74. The minimum Gasteiger partial charge on any atom is -0.393 e. The average Bonchev–Trinajstić information content (AvgIpc) is 3.52. The highest BCUT2D eigenvalue weighted by atomic mass is 16.6. The number of aliphatic hydroxyl groups excluding tert-OH is 2. The van der Waals surface area contributed by atoms with Crippen molar-refractivity contribution in [1.29, 1.82) is 0 Å². The van der Waals surface area contributed by atoms with E-state index in [1.807, 2.05) is 70.2 Å². The third-order valence-corrected chi connectivity index (χ3v) is 10.2. The van der Waals surface area contributed by atoms with Crippen molar-refractivity contribution in [2.75, 3.05) is 0 Å². The Labute approximate surface area is 272 Å². The van der Waals surface area contributed by atoms with Crippen LogP contribution < -0.4 is 0 Å². The summed E-state index contributed by atoms with van der Waals surface area (Å²) in [7, 11) is 0. The fourth-order valence-corrected chi connectivity index (χ4v) is 7.48. The van der Waals surface area contributed by atoms with Gasteiger partial charge in [0, 0.05) is 23.7 Å². The normalized spacial score (nSPS) is 37.9. The molecule has 248 valence electrons. The summed E-state index contributed by atoms with van der Waals surface area (Å²) >= 11 is 0. The number of ether oxygens (including phenoxy) is 1. The van der Waals surface area contributed by atoms with E-state index in [0.717, 1.165) is 28.7 Å². The highest BCUT2D eigenvalue weighted by Crippen LogP contribution is 2.66. The van der Waals surface area contributed by atoms with E-state index in [0.29, 0.717) is 12.8 Å². The zero-order chi connectivity index (χ0) is 33.9. The van der Waals surface area contributed by atoms with E-state index in [-0.39, 0.29) is 29.1 Å². The number of hydrogen-bond acceptors (Lipinski definition) is 5. The number of rotatable bonds is 10. The van der Waals surface area contributed by atoms with Crippen molar-refractivity contribution in [3.63, 3.8) is 0 Å². The van der Waals surface area contributed by atoms with Crippen LogP contribution in [-0.4, -0.2) is 55.0 Å². The molecule has 2 aliphatic carbocycles. The van der Waals surface area contributed by atoms with Crippen molar-refractivity contribution in [3.05, 3.63) is 107 Å². The summed E-state index contributed by atoms with van der Waals surface area (Å²) in [5, 5.41) is 42.7. The van der Waals surface area contributed by atoms with E-state index in [1.165, 1.54) is 0 Å². The van der Waals surface area contributed by atoms with Crippen LogP contribution in [-0.2, 0) is 4.74 Å². The molecule has 0 aromatic rings. The van der Waals surface area contributed by atoms with Crippen molar-refractivity contribution in [3.8, 4) is 0 Å². The number of epoxide rings is 1. The van der Waals surface area contributed by atoms with Gasteiger partial charge in [0.05, 0.1) is 17.8 Å². The maximum atomic E-state index is 11.4. The summed E-state index contributed by atoms with van der Waals surface area (Å²) in [6, 6.07) is 0. The molecule has 5 heteroatoms. The minimum atomic E-state index is -1.45. The van der Waals surface area contributed by atoms with Gasteiger partial charge in [-0.05, 0) is 66.5 Å². The van der Waals surface area contributed by atoms with Crippen LogP contribution in [0.3, 0.4) is 0 Å². The van der Waals surface area contributed by atoms with Gasteiger partial charge in [0.1, 0.15) is 16.8 Å². The smallest absolute Gasteiger partial charge is 0.121 e. The monoisotopic (exact) mass is 618 g/mol. The van der Waals surface area contributed by atoms with Crippen molar-refractivity contribution >= 4 is 0 Å². The maximum Gasteiger partial charge on any atom is 0.121 e. The second-order valence-electron chi connectivity index (χ2n) is 15.4. The van der Waals surface area contributed by atoms with Crippen LogP contribution in [0.2, 0.25) is 0 Å². The second kappa shape index (κ2) is 13.7. The maximum absolute atomic E-state index is 11.4. The predicted octanol–water partition coefficient (Wildman–Crippen LogP) is 7.92. The summed E-state index contributed by atoms with van der Waals surface area (Å²) < 4.78 is 6.24. The fraction of sp³-hybridized carbons (Fsp3) is 0.550. The molecule has 4 N–H and O–H groups in total. The van der Waals surface area contributed by atoms with Crippen molar-refractivity contribution in [1.82, 2.24) is 0 Å². The molecule has 6 unspecified atom stereocenters. The van der Waals surface area contributed by atoms with Gasteiger partial charge in [-0.25, -0.2) is 0 Å². The van der Waals surface area contributed by atoms with E-state index in [4.69, 9.17) is 4.74 Å². The van der Waals surface area contributed by atoms with E-state index in [2.05, 4.69) is 71.1 Å². The molecule has 5 nitrogen and oxygen atoms in total. The van der Waals surface area contributed by atoms with Gasteiger partial charge < -0.3 is 25.2 Å². The first-order valence-electron chi connectivity index (χ1n) is 16.3. The molecule has 45 heavy (non-hydrogen) atoms. The lowest BCUT2D eigenvalue weighted by molar-refractivity contribution is -0.216. The van der Waals surface area contributed by atoms with Gasteiger partial charge in [-0.2, -0.15) is 0 Å². The van der Waals surface area contributed by atoms with Crippen LogP contribution in [0.25, 0.3) is 0 Å². The summed E-state index contributed by atoms with van der Waals surface area (Å²) in [6.45, 7) is 20.0. The largest absolute Gasteiger partial charge is 0.393 e. The van der Waals surface area contributed by atoms with Gasteiger partial charge in [-0.3, -0.25) is 0 Å². The molecule has 3 rings (SSSR count). The van der Waals surface area contributed by atoms with Crippen LogP contribution in [0.5, 0.6) is 0 Å². The standard InChI is InChI=1S/C40H58O5/c1-29(17-13-19-31(3)21-23-39(44)35(5,6)25-33(41)27-37(39,9)43)15-11-12-16-30(2)18-14-20-32(4)22-24-40-36(7,8)26-34(42)28-38(40,10)45-40/h11-24,33-34,41-44H,25-28H2,1-10H3/b12-11+,17-13+,18-14+,23-21+,24-22+,29-15+,30-16+,31-19+,32-20+. The lowest BCUT2D eigenvalue weighted by Crippen LogP contribution is -2.65. The van der Waals surface area contributed by atoms with Gasteiger partial charge in [0.2, 0.25) is 0 Å². The van der Waals surface area contributed by atoms with E-state index >= 15 is 0 Å². The minimum absolute atomic E-state index is 0.111. The molecule has 3 fully saturated rings. The highest BCUT2D eigenvalue weighted by molar-refractivity contribution is 5.37. The summed E-state index contributed by atoms with van der Waals surface area (Å²) in [5.74, 6) is 0. The molecule has 0 aromatic heterocycles. The number of fused-ring (bicyclic) bond motifs is 1. The van der Waals surface area contributed by atoms with Gasteiger partial charge >= 0.3 is 0 Å². The summed E-state index contributed by atoms with van der Waals surface area (Å²) in [6.07, 6.45) is 29.3. The number of aliphatic hydroxyl groups is 4. The molecule has 6 atom stereocenters. The first kappa shape index (κ1) is 36.9. The van der Waals surface area contributed by atoms with Gasteiger partial charge in [0.15, 0.2) is 0 Å². The van der Waals surface area contributed by atoms with Gasteiger partial charge in [-0.15, -0.1) is 0 Å². The van der Waals surface area contributed by atoms with E-state index < -0.39 is 22.7 Å². The van der Waals surface area contributed by atoms with Crippen LogP contribution in [0.1, 0.15) is 94.9 Å². The Hall–Kier alpha value is -2.54. The predicted molar refractivity (Wildman–Crippen MR) is 187 cm³/mol. The van der Waals surface area contributed by atoms with Crippen LogP contribution >= 0.6 is 0 Å². The third kappa shape index (κ3) is 8.25. The topological polar surface area (TPSA) is 93.5 Å². The molecule has 0 spiro atoms. The van der Waals surface area contributed by atoms with Crippen molar-refractivity contribution in [2.24, 2.45) is 10.8 Å². The molecular formula is C40H58O5. The molecule has 0 radical (unpaired) electrons. The molecule has 0 bridgehead atoms. The molecular weight excluding hydrogens is 560 g/mol. The van der Waals surface area contributed by atoms with Crippen LogP contribution in [0.4, 0.5) is 0 Å². The van der Waals surface area contributed by atoms with Crippen molar-refractivity contribution < 1.29 is 25.2 Å². The molecule has 1 aliphatic heterocycles. The van der Waals surface area contributed by atoms with E-state index in [9.17, 15) is 20.4 Å². The number of hydrogen-bond donors (Lipinski definition) is 4. The summed E-state index contributed by atoms with van der Waals surface area (Å²) in [4.78, 5) is 0. The summed E-state index contributed by atoms with van der Waals surface area (Å²) in [5.41, 5.74) is 0.0896. The van der Waals surface area contributed by atoms with Gasteiger partial charge in [-0.1, -0.05) is 123 Å². The first-order chi connectivity index (χ1) is 20.7. The third-order valence-electron chi connectivity index (χ3n) is 10.2. The SMILES string of the molecule is CC(/C=C/C=C(C)/C=C/C1(O)C(C)(C)CC(O)CC1(C)O)=C\C=C\C=C(C)\C=C\C=C(C)\C=C\C12OC1(C)CC(O)CC2(C)C. The molecule has 0 amide bonds. The lowest BCUT2D eigenvalue weighted by Gasteiger charge is -2.54. The zero-order valence-corrected chi connectivity index (χ0v) is 29.3. The Morgan fingerprint density at radius 2 is 0.978 bits per heavy atom. The lowest BCUT2D eigenvalue weighted by atomic mass is 9.57. The van der Waals surface area contributed by atoms with Gasteiger partial charge in [0.25, 0.3) is 0 Å². The Kier molecular flexibility index (Phi) is 11.2. The number of allylic oxidation sites excluding steroid dienone is 16. The Bertz CT molecular complexity index is 1340. The quantitative estimate of drug-likeness (QED) is 0.147. The fourth-order valence-electron chi connectivity index (χ4n) is 7.48. The Morgan fingerprint density at radius 1 is 0.556 bits per heavy atom. The molecule has 1 heterocycles. The Balaban J connectivity index is 1.52. The van der Waals surface area contributed by atoms with Crippen molar-refractivity contribution in [2.45, 2.75) is 130 Å². The first-order valence-corrected chi connectivity index (χ1v) is 16.3. The van der Waals surface area contributed by atoms with E-state index in [1.54, 1.807) is 13.0 Å². The van der Waals surface area contributed by atoms with Crippen LogP contribution in [0.15, 0.2) is 107 Å². The molecule has 3 aliphatic rings. The molecule has 2 saturated carbocycles. The average molecular weight is 619 g/mol. The zero-order valence-electron chi connectivity index (χ0n) is 29.3.